The Morgan fingerprint density at radius 3 is 2.76 bits per heavy atom. The molecule has 0 bridgehead atoms. The summed E-state index contributed by atoms with van der Waals surface area (Å²) in [5, 5.41) is 17.8. The quantitative estimate of drug-likeness (QED) is 0.477. The first-order valence-electron chi connectivity index (χ1n) is 11.3. The second kappa shape index (κ2) is 8.82. The molecule has 33 heavy (non-hydrogen) atoms. The maximum absolute atomic E-state index is 13.7. The minimum absolute atomic E-state index is 0.0824. The van der Waals surface area contributed by atoms with Gasteiger partial charge in [0.15, 0.2) is 0 Å². The molecule has 172 valence electrons. The van der Waals surface area contributed by atoms with Crippen LogP contribution in [0.4, 0.5) is 5.82 Å². The number of hydrogen-bond donors (Lipinski definition) is 3. The topological polar surface area (TPSA) is 121 Å². The summed E-state index contributed by atoms with van der Waals surface area (Å²) in [4.78, 5) is 44.3. The molecule has 2 saturated heterocycles. The lowest BCUT2D eigenvalue weighted by atomic mass is 10.0. The zero-order chi connectivity index (χ0) is 22.9. The second-order valence-corrected chi connectivity index (χ2v) is 8.71. The first kappa shape index (κ1) is 21.4. The van der Waals surface area contributed by atoms with Crippen molar-refractivity contribution in [1.29, 1.82) is 0 Å². The van der Waals surface area contributed by atoms with Crippen molar-refractivity contribution < 1.29 is 24.2 Å². The molecule has 9 nitrogen and oxygen atoms in total. The van der Waals surface area contributed by atoms with Crippen LogP contribution in [-0.2, 0) is 19.1 Å². The van der Waals surface area contributed by atoms with E-state index in [9.17, 15) is 19.5 Å². The van der Waals surface area contributed by atoms with Gasteiger partial charge in [-0.15, -0.1) is 0 Å². The fourth-order valence-corrected chi connectivity index (χ4v) is 4.94. The Bertz CT molecular complexity index is 1110. The van der Waals surface area contributed by atoms with Gasteiger partial charge in [-0.05, 0) is 37.1 Å². The van der Waals surface area contributed by atoms with E-state index in [1.54, 1.807) is 11.1 Å². The number of aliphatic hydroxyl groups is 1. The Labute approximate surface area is 190 Å². The number of anilines is 1. The number of cyclic esters (lactones) is 1. The van der Waals surface area contributed by atoms with Crippen LogP contribution >= 0.6 is 0 Å². The highest BCUT2D eigenvalue weighted by molar-refractivity contribution is 5.96. The number of fused-ring (bicyclic) bond motifs is 2. The number of pyridine rings is 1. The summed E-state index contributed by atoms with van der Waals surface area (Å²) < 4.78 is 4.72. The van der Waals surface area contributed by atoms with Gasteiger partial charge >= 0.3 is 5.97 Å². The van der Waals surface area contributed by atoms with Gasteiger partial charge in [-0.3, -0.25) is 14.4 Å². The van der Waals surface area contributed by atoms with E-state index in [0.717, 1.165) is 10.8 Å². The van der Waals surface area contributed by atoms with Gasteiger partial charge in [0.1, 0.15) is 23.9 Å². The Hall–Kier alpha value is -3.46. The van der Waals surface area contributed by atoms with E-state index in [-0.39, 0.29) is 24.3 Å². The lowest BCUT2D eigenvalue weighted by Crippen LogP contribution is -2.55. The normalized spacial score (nSPS) is 29.4. The lowest BCUT2D eigenvalue weighted by molar-refractivity contribution is -0.155. The zero-order valence-corrected chi connectivity index (χ0v) is 18.0. The average Bonchev–Trinajstić information content (AvgIpc) is 3.36. The summed E-state index contributed by atoms with van der Waals surface area (Å²) >= 11 is 0. The summed E-state index contributed by atoms with van der Waals surface area (Å²) in [5.41, 5.74) is 0. The lowest BCUT2D eigenvalue weighted by Gasteiger charge is -2.34. The van der Waals surface area contributed by atoms with Crippen LogP contribution in [0.3, 0.4) is 0 Å². The monoisotopic (exact) mass is 450 g/mol. The van der Waals surface area contributed by atoms with Crippen LogP contribution < -0.4 is 10.6 Å². The number of benzene rings is 1. The van der Waals surface area contributed by atoms with E-state index in [0.29, 0.717) is 31.5 Å². The minimum Gasteiger partial charge on any atom is -0.434 e. The molecule has 3 N–H and O–H groups in total. The van der Waals surface area contributed by atoms with Gasteiger partial charge in [-0.1, -0.05) is 36.4 Å². The van der Waals surface area contributed by atoms with Crippen molar-refractivity contribution >= 4 is 34.4 Å². The van der Waals surface area contributed by atoms with Crippen LogP contribution in [0.25, 0.3) is 10.8 Å². The molecule has 9 heteroatoms. The van der Waals surface area contributed by atoms with Crippen LogP contribution in [0.2, 0.25) is 0 Å². The van der Waals surface area contributed by atoms with Crippen LogP contribution in [0.5, 0.6) is 0 Å². The molecule has 4 heterocycles. The molecule has 5 atom stereocenters. The molecule has 5 unspecified atom stereocenters. The summed E-state index contributed by atoms with van der Waals surface area (Å²) in [6.45, 7) is 0. The Balaban J connectivity index is 1.37. The predicted octanol–water partition coefficient (Wildman–Crippen LogP) is 1.47. The largest absolute Gasteiger partial charge is 0.434 e. The molecule has 5 rings (SSSR count). The van der Waals surface area contributed by atoms with Gasteiger partial charge in [0.05, 0.1) is 6.42 Å². The molecule has 0 aliphatic carbocycles. The highest BCUT2D eigenvalue weighted by Crippen LogP contribution is 2.31. The van der Waals surface area contributed by atoms with E-state index >= 15 is 0 Å². The van der Waals surface area contributed by atoms with Gasteiger partial charge < -0.3 is 25.4 Å². The van der Waals surface area contributed by atoms with Crippen LogP contribution in [0.1, 0.15) is 32.1 Å². The summed E-state index contributed by atoms with van der Waals surface area (Å²) in [5.74, 6) is -0.464. The van der Waals surface area contributed by atoms with Gasteiger partial charge in [0.25, 0.3) is 0 Å². The van der Waals surface area contributed by atoms with E-state index in [4.69, 9.17) is 4.74 Å². The van der Waals surface area contributed by atoms with E-state index in [1.165, 1.54) is 0 Å². The molecule has 2 amide bonds. The predicted molar refractivity (Wildman–Crippen MR) is 120 cm³/mol. The SMILES string of the molecule is O=C1CC(NC(=O)C2CCC3CC=CCC(Nc4nccc5ccccc45)C(=O)N32)C(O)O1. The number of hydrogen-bond acceptors (Lipinski definition) is 7. The highest BCUT2D eigenvalue weighted by atomic mass is 16.6. The fraction of sp³-hybridized carbons (Fsp3) is 0.417. The Morgan fingerprint density at radius 1 is 1.12 bits per heavy atom. The Morgan fingerprint density at radius 2 is 1.94 bits per heavy atom. The standard InChI is InChI=1S/C24H26N4O5/c29-20-13-18(24(32)33-20)27-22(30)19-10-9-15-6-2-4-8-17(23(31)28(15)19)26-21-16-7-3-1-5-14(16)11-12-25-21/h1-5,7,11-12,15,17-19,24,32H,6,8-10,13H2,(H,25,26)(H,27,30). The molecule has 0 spiro atoms. The van der Waals surface area contributed by atoms with E-state index in [1.807, 2.05) is 36.4 Å². The zero-order valence-electron chi connectivity index (χ0n) is 18.0. The molecular weight excluding hydrogens is 424 g/mol. The number of amides is 2. The first-order valence-corrected chi connectivity index (χ1v) is 11.3. The van der Waals surface area contributed by atoms with Crippen LogP contribution in [0, 0.1) is 0 Å². The van der Waals surface area contributed by atoms with Gasteiger partial charge in [-0.25, -0.2) is 4.98 Å². The maximum atomic E-state index is 13.7. The minimum atomic E-state index is -1.36. The fourth-order valence-electron chi connectivity index (χ4n) is 4.94. The number of rotatable bonds is 4. The van der Waals surface area contributed by atoms with Gasteiger partial charge in [0, 0.05) is 17.6 Å². The van der Waals surface area contributed by atoms with Crippen molar-refractivity contribution in [2.75, 3.05) is 5.32 Å². The first-order chi connectivity index (χ1) is 16.0. The second-order valence-electron chi connectivity index (χ2n) is 8.71. The Kier molecular flexibility index (Phi) is 5.72. The molecule has 3 aliphatic heterocycles. The summed E-state index contributed by atoms with van der Waals surface area (Å²) in [6.07, 6.45) is 6.70. The number of nitrogens with one attached hydrogen (secondary N) is 2. The molecule has 0 radical (unpaired) electrons. The molecule has 1 aromatic heterocycles. The average molecular weight is 450 g/mol. The molecular formula is C24H26N4O5. The molecule has 0 saturated carbocycles. The van der Waals surface area contributed by atoms with Crippen molar-refractivity contribution in [3.8, 4) is 0 Å². The number of aliphatic hydroxyl groups excluding tert-OH is 1. The third kappa shape index (κ3) is 4.16. The van der Waals surface area contributed by atoms with Crippen molar-refractivity contribution in [2.45, 2.75) is 62.6 Å². The van der Waals surface area contributed by atoms with Crippen molar-refractivity contribution in [3.63, 3.8) is 0 Å². The van der Waals surface area contributed by atoms with Gasteiger partial charge in [-0.2, -0.15) is 0 Å². The third-order valence-electron chi connectivity index (χ3n) is 6.60. The molecule has 1 aromatic carbocycles. The number of esters is 1. The molecule has 3 aliphatic rings. The molecule has 2 fully saturated rings. The number of carbonyl (C=O) groups excluding carboxylic acids is 3. The molecule has 2 aromatic rings. The summed E-state index contributed by atoms with van der Waals surface area (Å²) in [6, 6.07) is 7.63. The number of nitrogens with zero attached hydrogens (tertiary/aromatic N) is 2. The van der Waals surface area contributed by atoms with E-state index < -0.39 is 30.4 Å². The van der Waals surface area contributed by atoms with Gasteiger partial charge in [0.2, 0.25) is 18.1 Å². The third-order valence-corrected chi connectivity index (χ3v) is 6.60. The van der Waals surface area contributed by atoms with E-state index in [2.05, 4.69) is 21.7 Å². The van der Waals surface area contributed by atoms with Crippen LogP contribution in [0.15, 0.2) is 48.7 Å². The van der Waals surface area contributed by atoms with Crippen molar-refractivity contribution in [3.05, 3.63) is 48.7 Å². The number of carbonyl (C=O) groups is 3. The van der Waals surface area contributed by atoms with Crippen molar-refractivity contribution in [2.24, 2.45) is 0 Å². The van der Waals surface area contributed by atoms with Crippen molar-refractivity contribution in [1.82, 2.24) is 15.2 Å². The number of aromatic nitrogens is 1. The summed E-state index contributed by atoms with van der Waals surface area (Å²) in [7, 11) is 0. The highest BCUT2D eigenvalue weighted by Gasteiger charge is 2.45. The van der Waals surface area contributed by atoms with Crippen LogP contribution in [-0.4, -0.2) is 63.2 Å². The number of ether oxygens (including phenoxy) is 1. The smallest absolute Gasteiger partial charge is 0.310 e. The maximum Gasteiger partial charge on any atom is 0.310 e.